The minimum absolute atomic E-state index is 0.146. The van der Waals surface area contributed by atoms with E-state index in [0.29, 0.717) is 28.6 Å². The smallest absolute Gasteiger partial charge is 0.434 e. The maximum Gasteiger partial charge on any atom is 0.513 e. The van der Waals surface area contributed by atoms with Gasteiger partial charge in [-0.3, -0.25) is 4.79 Å². The van der Waals surface area contributed by atoms with Crippen molar-refractivity contribution < 1.29 is 23.8 Å². The number of hydrogen-bond donors (Lipinski definition) is 1. The van der Waals surface area contributed by atoms with Crippen molar-refractivity contribution in [3.05, 3.63) is 63.3 Å². The van der Waals surface area contributed by atoms with Crippen LogP contribution in [-0.2, 0) is 19.0 Å². The van der Waals surface area contributed by atoms with Gasteiger partial charge in [-0.25, -0.2) is 4.79 Å². The third-order valence-electron chi connectivity index (χ3n) is 5.31. The predicted molar refractivity (Wildman–Crippen MR) is 125 cm³/mol. The van der Waals surface area contributed by atoms with Crippen LogP contribution in [0.25, 0.3) is 16.7 Å². The minimum atomic E-state index is -0.959. The van der Waals surface area contributed by atoms with Crippen molar-refractivity contribution in [2.45, 2.75) is 32.7 Å². The second-order valence-corrected chi connectivity index (χ2v) is 8.52. The van der Waals surface area contributed by atoms with E-state index in [1.54, 1.807) is 39.2 Å². The monoisotopic (exact) mass is 477 g/mol. The summed E-state index contributed by atoms with van der Waals surface area (Å²) in [4.78, 5) is 25.3. The summed E-state index contributed by atoms with van der Waals surface area (Å²) in [6, 6.07) is 11.1. The minimum Gasteiger partial charge on any atom is -0.434 e. The Morgan fingerprint density at radius 3 is 2.41 bits per heavy atom. The van der Waals surface area contributed by atoms with Gasteiger partial charge in [0.15, 0.2) is 0 Å². The van der Waals surface area contributed by atoms with Gasteiger partial charge in [0.2, 0.25) is 0 Å². The van der Waals surface area contributed by atoms with Crippen molar-refractivity contribution >= 4 is 40.8 Å². The molecule has 2 aromatic carbocycles. The van der Waals surface area contributed by atoms with Crippen molar-refractivity contribution in [3.8, 4) is 11.1 Å². The zero-order valence-electron chi connectivity index (χ0n) is 18.4. The van der Waals surface area contributed by atoms with E-state index < -0.39 is 11.7 Å². The second-order valence-electron chi connectivity index (χ2n) is 7.68. The molecular formula is C24H25Cl2NO5. The molecule has 0 saturated carbocycles. The van der Waals surface area contributed by atoms with Crippen molar-refractivity contribution in [1.29, 1.82) is 0 Å². The number of rotatable bonds is 7. The number of amides is 1. The summed E-state index contributed by atoms with van der Waals surface area (Å²) in [5, 5.41) is 3.92. The van der Waals surface area contributed by atoms with Crippen LogP contribution in [0.15, 0.2) is 42.2 Å². The first-order chi connectivity index (χ1) is 15.2. The van der Waals surface area contributed by atoms with E-state index in [1.807, 2.05) is 25.1 Å². The van der Waals surface area contributed by atoms with Gasteiger partial charge in [0.05, 0.1) is 17.7 Å². The summed E-state index contributed by atoms with van der Waals surface area (Å²) in [6.07, 6.45) is -0.487. The Morgan fingerprint density at radius 2 is 1.81 bits per heavy atom. The summed E-state index contributed by atoms with van der Waals surface area (Å²) >= 11 is 12.7. The SMILES string of the molecule is CCOC(=O)OC1=C(c2c(C)cc(-c3ccc(Cl)cc3)cc2Cl)C(=O)NC1(C)CCOC. The topological polar surface area (TPSA) is 73.9 Å². The molecule has 1 heterocycles. The van der Waals surface area contributed by atoms with E-state index in [4.69, 9.17) is 37.4 Å². The van der Waals surface area contributed by atoms with Crippen LogP contribution in [0.5, 0.6) is 0 Å². The van der Waals surface area contributed by atoms with Crippen LogP contribution in [0.3, 0.4) is 0 Å². The molecule has 1 amide bonds. The fourth-order valence-electron chi connectivity index (χ4n) is 3.72. The predicted octanol–water partition coefficient (Wildman–Crippen LogP) is 5.78. The molecule has 1 aliphatic rings. The number of aryl methyl sites for hydroxylation is 1. The highest BCUT2D eigenvalue weighted by atomic mass is 35.5. The molecule has 0 saturated heterocycles. The molecule has 1 atom stereocenters. The first-order valence-electron chi connectivity index (χ1n) is 10.2. The summed E-state index contributed by atoms with van der Waals surface area (Å²) in [5.74, 6) is -0.214. The van der Waals surface area contributed by atoms with Crippen LogP contribution in [0.4, 0.5) is 4.79 Å². The summed E-state index contributed by atoms with van der Waals surface area (Å²) < 4.78 is 15.7. The van der Waals surface area contributed by atoms with Crippen LogP contribution in [0.2, 0.25) is 10.0 Å². The molecule has 0 spiro atoms. The third-order valence-corrected chi connectivity index (χ3v) is 5.86. The lowest BCUT2D eigenvalue weighted by Crippen LogP contribution is -2.43. The molecule has 1 N–H and O–H groups in total. The number of hydrogen-bond acceptors (Lipinski definition) is 5. The first kappa shape index (κ1) is 24.1. The Labute approximate surface area is 197 Å². The first-order valence-corrected chi connectivity index (χ1v) is 10.9. The molecule has 0 fully saturated rings. The van der Waals surface area contributed by atoms with Gasteiger partial charge in [-0.05, 0) is 55.7 Å². The summed E-state index contributed by atoms with van der Waals surface area (Å²) in [7, 11) is 1.56. The summed E-state index contributed by atoms with van der Waals surface area (Å²) in [5.41, 5.74) is 2.32. The molecule has 3 rings (SSSR count). The van der Waals surface area contributed by atoms with E-state index >= 15 is 0 Å². The van der Waals surface area contributed by atoms with E-state index in [2.05, 4.69) is 5.32 Å². The number of methoxy groups -OCH3 is 1. The maximum absolute atomic E-state index is 13.1. The molecule has 0 aromatic heterocycles. The van der Waals surface area contributed by atoms with Crippen molar-refractivity contribution in [3.63, 3.8) is 0 Å². The Balaban J connectivity index is 2.14. The van der Waals surface area contributed by atoms with E-state index in [0.717, 1.165) is 16.7 Å². The molecule has 0 bridgehead atoms. The van der Waals surface area contributed by atoms with Crippen LogP contribution in [-0.4, -0.2) is 37.9 Å². The van der Waals surface area contributed by atoms with Gasteiger partial charge in [-0.2, -0.15) is 0 Å². The van der Waals surface area contributed by atoms with E-state index in [9.17, 15) is 9.59 Å². The molecule has 6 nitrogen and oxygen atoms in total. The highest BCUT2D eigenvalue weighted by Gasteiger charge is 2.45. The molecule has 8 heteroatoms. The molecule has 2 aromatic rings. The maximum atomic E-state index is 13.1. The van der Waals surface area contributed by atoms with Gasteiger partial charge < -0.3 is 19.5 Å². The number of halogens is 2. The Bertz CT molecular complexity index is 1040. The normalized spacial score (nSPS) is 18.0. The van der Waals surface area contributed by atoms with Crippen molar-refractivity contribution in [2.75, 3.05) is 20.3 Å². The number of ether oxygens (including phenoxy) is 3. The Morgan fingerprint density at radius 1 is 1.12 bits per heavy atom. The number of nitrogens with one attached hydrogen (secondary N) is 1. The zero-order valence-corrected chi connectivity index (χ0v) is 19.9. The highest BCUT2D eigenvalue weighted by molar-refractivity contribution is 6.36. The van der Waals surface area contributed by atoms with Crippen molar-refractivity contribution in [2.24, 2.45) is 0 Å². The van der Waals surface area contributed by atoms with E-state index in [-0.39, 0.29) is 23.8 Å². The molecule has 1 unspecified atom stereocenters. The standard InChI is InChI=1S/C24H25Cl2NO5/c1-5-31-23(29)32-21-20(22(28)27-24(21,3)10-11-30-4)19-14(2)12-16(13-18(19)26)15-6-8-17(25)9-7-15/h6-9,12-13H,5,10-11H2,1-4H3,(H,27,28). The Hall–Kier alpha value is -2.54. The zero-order chi connectivity index (χ0) is 23.5. The number of carbonyl (C=O) groups is 2. The number of benzene rings is 2. The van der Waals surface area contributed by atoms with Crippen LogP contribution < -0.4 is 5.32 Å². The quantitative estimate of drug-likeness (QED) is 0.511. The molecule has 0 aliphatic carbocycles. The lowest BCUT2D eigenvalue weighted by Gasteiger charge is -2.26. The van der Waals surface area contributed by atoms with Gasteiger partial charge >= 0.3 is 6.16 Å². The summed E-state index contributed by atoms with van der Waals surface area (Å²) in [6.45, 7) is 5.80. The van der Waals surface area contributed by atoms with Gasteiger partial charge in [0.25, 0.3) is 5.91 Å². The van der Waals surface area contributed by atoms with Gasteiger partial charge in [0.1, 0.15) is 5.76 Å². The molecule has 1 aliphatic heterocycles. The fraction of sp³-hybridized carbons (Fsp3) is 0.333. The van der Waals surface area contributed by atoms with Crippen LogP contribution in [0.1, 0.15) is 31.4 Å². The van der Waals surface area contributed by atoms with Gasteiger partial charge in [-0.15, -0.1) is 0 Å². The lowest BCUT2D eigenvalue weighted by atomic mass is 9.91. The average molecular weight is 478 g/mol. The average Bonchev–Trinajstić information content (AvgIpc) is 2.97. The van der Waals surface area contributed by atoms with Gasteiger partial charge in [0, 0.05) is 35.7 Å². The lowest BCUT2D eigenvalue weighted by molar-refractivity contribution is -0.116. The highest BCUT2D eigenvalue weighted by Crippen LogP contribution is 2.41. The molecule has 32 heavy (non-hydrogen) atoms. The largest absolute Gasteiger partial charge is 0.513 e. The van der Waals surface area contributed by atoms with Gasteiger partial charge in [-0.1, -0.05) is 41.4 Å². The fourth-order valence-corrected chi connectivity index (χ4v) is 4.21. The van der Waals surface area contributed by atoms with Crippen LogP contribution >= 0.6 is 23.2 Å². The van der Waals surface area contributed by atoms with E-state index in [1.165, 1.54) is 0 Å². The number of carbonyl (C=O) groups excluding carboxylic acids is 2. The van der Waals surface area contributed by atoms with Crippen LogP contribution in [0, 0.1) is 6.92 Å². The molecular weight excluding hydrogens is 453 g/mol. The molecule has 0 radical (unpaired) electrons. The van der Waals surface area contributed by atoms with Crippen molar-refractivity contribution in [1.82, 2.24) is 5.32 Å². The third kappa shape index (κ3) is 4.93. The Kier molecular flexibility index (Phi) is 7.49. The second kappa shape index (κ2) is 9.94. The molecule has 170 valence electrons.